The van der Waals surface area contributed by atoms with Crippen LogP contribution in [0.5, 0.6) is 0 Å². The fourth-order valence-corrected chi connectivity index (χ4v) is 3.55. The molecular weight excluding hydrogens is 266 g/mol. The molecule has 1 fully saturated rings. The summed E-state index contributed by atoms with van der Waals surface area (Å²) in [7, 11) is -3.12. The maximum atomic E-state index is 11.5. The smallest absolute Gasteiger partial charge is 0.211 e. The number of sulfonamides is 1. The fraction of sp³-hybridized carbons (Fsp3) is 0.692. The Morgan fingerprint density at radius 1 is 1.58 bits per heavy atom. The van der Waals surface area contributed by atoms with E-state index in [1.54, 1.807) is 6.26 Å². The van der Waals surface area contributed by atoms with Gasteiger partial charge in [0.2, 0.25) is 10.0 Å². The van der Waals surface area contributed by atoms with Crippen molar-refractivity contribution in [2.45, 2.75) is 32.3 Å². The Bertz CT molecular complexity index is 523. The summed E-state index contributed by atoms with van der Waals surface area (Å²) in [6, 6.07) is 1.82. The predicted octanol–water partition coefficient (Wildman–Crippen LogP) is 1.68. The maximum absolute atomic E-state index is 11.5. The number of nitrogens with zero attached hydrogens (tertiary/aromatic N) is 1. The molecule has 1 aliphatic rings. The molecule has 6 heteroatoms. The van der Waals surface area contributed by atoms with Gasteiger partial charge in [-0.25, -0.2) is 12.7 Å². The molecule has 1 aromatic heterocycles. The van der Waals surface area contributed by atoms with Crippen molar-refractivity contribution in [2.24, 2.45) is 5.92 Å². The fourth-order valence-electron chi connectivity index (χ4n) is 2.61. The van der Waals surface area contributed by atoms with Crippen molar-refractivity contribution in [2.75, 3.05) is 19.3 Å². The highest BCUT2D eigenvalue weighted by atomic mass is 32.2. The van der Waals surface area contributed by atoms with E-state index in [4.69, 9.17) is 4.42 Å². The van der Waals surface area contributed by atoms with Crippen molar-refractivity contribution >= 4 is 10.0 Å². The number of aliphatic hydroxyl groups excluding tert-OH is 1. The first-order chi connectivity index (χ1) is 8.86. The molecule has 1 aromatic rings. The van der Waals surface area contributed by atoms with Crippen LogP contribution in [0.15, 0.2) is 16.7 Å². The SMILES string of the molecule is Cc1cc(C(O)CC2CCCN(S(C)(=O)=O)C2)co1. The number of aliphatic hydroxyl groups is 1. The van der Waals surface area contributed by atoms with Crippen molar-refractivity contribution in [1.82, 2.24) is 4.31 Å². The number of hydrogen-bond donors (Lipinski definition) is 1. The highest BCUT2D eigenvalue weighted by molar-refractivity contribution is 7.88. The van der Waals surface area contributed by atoms with Crippen LogP contribution in [0.25, 0.3) is 0 Å². The molecule has 2 heterocycles. The van der Waals surface area contributed by atoms with Gasteiger partial charge in [-0.05, 0) is 38.2 Å². The molecule has 1 aliphatic heterocycles. The van der Waals surface area contributed by atoms with Gasteiger partial charge in [-0.3, -0.25) is 0 Å². The minimum absolute atomic E-state index is 0.202. The second kappa shape index (κ2) is 5.64. The highest BCUT2D eigenvalue weighted by Crippen LogP contribution is 2.29. The molecule has 108 valence electrons. The molecule has 19 heavy (non-hydrogen) atoms. The van der Waals surface area contributed by atoms with Gasteiger partial charge in [0.1, 0.15) is 5.76 Å². The first kappa shape index (κ1) is 14.6. The van der Waals surface area contributed by atoms with Crippen molar-refractivity contribution in [3.63, 3.8) is 0 Å². The van der Waals surface area contributed by atoms with Crippen LogP contribution in [-0.4, -0.2) is 37.2 Å². The lowest BCUT2D eigenvalue weighted by atomic mass is 9.91. The number of aryl methyl sites for hydroxylation is 1. The lowest BCUT2D eigenvalue weighted by Crippen LogP contribution is -2.39. The third-order valence-electron chi connectivity index (χ3n) is 3.64. The Morgan fingerprint density at radius 3 is 2.89 bits per heavy atom. The zero-order valence-corrected chi connectivity index (χ0v) is 12.2. The standard InChI is InChI=1S/C13H21NO4S/c1-10-6-12(9-18-10)13(15)7-11-4-3-5-14(8-11)19(2,16)17/h6,9,11,13,15H,3-5,7-8H2,1-2H3. The Balaban J connectivity index is 1.95. The molecular formula is C13H21NO4S. The average Bonchev–Trinajstić information content (AvgIpc) is 2.75. The summed E-state index contributed by atoms with van der Waals surface area (Å²) in [5.41, 5.74) is 0.772. The van der Waals surface area contributed by atoms with E-state index in [0.717, 1.165) is 24.2 Å². The van der Waals surface area contributed by atoms with Gasteiger partial charge in [0.25, 0.3) is 0 Å². The lowest BCUT2D eigenvalue weighted by molar-refractivity contribution is 0.122. The van der Waals surface area contributed by atoms with Crippen molar-refractivity contribution in [3.05, 3.63) is 23.7 Å². The summed E-state index contributed by atoms with van der Waals surface area (Å²) in [6.07, 6.45) is 4.62. The van der Waals surface area contributed by atoms with E-state index in [-0.39, 0.29) is 5.92 Å². The molecule has 0 radical (unpaired) electrons. The van der Waals surface area contributed by atoms with Crippen LogP contribution >= 0.6 is 0 Å². The molecule has 1 saturated heterocycles. The van der Waals surface area contributed by atoms with Gasteiger partial charge in [0.15, 0.2) is 0 Å². The lowest BCUT2D eigenvalue weighted by Gasteiger charge is -2.31. The molecule has 0 aliphatic carbocycles. The van der Waals surface area contributed by atoms with E-state index in [1.807, 2.05) is 13.0 Å². The van der Waals surface area contributed by atoms with Crippen LogP contribution in [0.3, 0.4) is 0 Å². The highest BCUT2D eigenvalue weighted by Gasteiger charge is 2.27. The zero-order chi connectivity index (χ0) is 14.0. The molecule has 5 nitrogen and oxygen atoms in total. The molecule has 2 atom stereocenters. The summed E-state index contributed by atoms with van der Waals surface area (Å²) < 4.78 is 29.8. The van der Waals surface area contributed by atoms with E-state index < -0.39 is 16.1 Å². The molecule has 0 amide bonds. The summed E-state index contributed by atoms with van der Waals surface area (Å²) in [5, 5.41) is 10.1. The number of rotatable bonds is 4. The minimum atomic E-state index is -3.12. The molecule has 1 N–H and O–H groups in total. The monoisotopic (exact) mass is 287 g/mol. The molecule has 2 unspecified atom stereocenters. The number of hydrogen-bond acceptors (Lipinski definition) is 4. The van der Waals surface area contributed by atoms with Gasteiger partial charge in [-0.2, -0.15) is 0 Å². The second-order valence-electron chi connectivity index (χ2n) is 5.37. The van der Waals surface area contributed by atoms with Gasteiger partial charge in [0.05, 0.1) is 18.6 Å². The Labute approximate surface area is 114 Å². The summed E-state index contributed by atoms with van der Waals surface area (Å²) in [6.45, 7) is 2.94. The van der Waals surface area contributed by atoms with Gasteiger partial charge < -0.3 is 9.52 Å². The Kier molecular flexibility index (Phi) is 4.32. The van der Waals surface area contributed by atoms with Crippen LogP contribution < -0.4 is 0 Å². The summed E-state index contributed by atoms with van der Waals surface area (Å²) >= 11 is 0. The van der Waals surface area contributed by atoms with Crippen LogP contribution in [-0.2, 0) is 10.0 Å². The van der Waals surface area contributed by atoms with Gasteiger partial charge >= 0.3 is 0 Å². The zero-order valence-electron chi connectivity index (χ0n) is 11.4. The summed E-state index contributed by atoms with van der Waals surface area (Å²) in [4.78, 5) is 0. The Morgan fingerprint density at radius 2 is 2.32 bits per heavy atom. The molecule has 2 rings (SSSR count). The van der Waals surface area contributed by atoms with Gasteiger partial charge in [-0.1, -0.05) is 0 Å². The van der Waals surface area contributed by atoms with Crippen LogP contribution in [0.1, 0.15) is 36.7 Å². The third-order valence-corrected chi connectivity index (χ3v) is 4.91. The van der Waals surface area contributed by atoms with Gasteiger partial charge in [0, 0.05) is 18.7 Å². The van der Waals surface area contributed by atoms with Crippen molar-refractivity contribution in [3.8, 4) is 0 Å². The van der Waals surface area contributed by atoms with E-state index in [1.165, 1.54) is 10.6 Å². The topological polar surface area (TPSA) is 70.8 Å². The number of furan rings is 1. The van der Waals surface area contributed by atoms with Crippen LogP contribution in [0.4, 0.5) is 0 Å². The average molecular weight is 287 g/mol. The van der Waals surface area contributed by atoms with E-state index in [2.05, 4.69) is 0 Å². The molecule has 0 spiro atoms. The number of piperidine rings is 1. The van der Waals surface area contributed by atoms with E-state index >= 15 is 0 Å². The van der Waals surface area contributed by atoms with Gasteiger partial charge in [-0.15, -0.1) is 0 Å². The first-order valence-corrected chi connectivity index (χ1v) is 8.39. The minimum Gasteiger partial charge on any atom is -0.469 e. The van der Waals surface area contributed by atoms with E-state index in [0.29, 0.717) is 19.5 Å². The molecule has 0 aromatic carbocycles. The molecule has 0 bridgehead atoms. The second-order valence-corrected chi connectivity index (χ2v) is 7.35. The summed E-state index contributed by atoms with van der Waals surface area (Å²) in [5.74, 6) is 0.976. The molecule has 0 saturated carbocycles. The van der Waals surface area contributed by atoms with E-state index in [9.17, 15) is 13.5 Å². The first-order valence-electron chi connectivity index (χ1n) is 6.54. The largest absolute Gasteiger partial charge is 0.469 e. The normalized spacial score (nSPS) is 23.4. The van der Waals surface area contributed by atoms with Crippen LogP contribution in [0.2, 0.25) is 0 Å². The Hall–Kier alpha value is -0.850. The van der Waals surface area contributed by atoms with Crippen LogP contribution in [0, 0.1) is 12.8 Å². The van der Waals surface area contributed by atoms with Crippen molar-refractivity contribution in [1.29, 1.82) is 0 Å². The van der Waals surface area contributed by atoms with Crippen molar-refractivity contribution < 1.29 is 17.9 Å². The predicted molar refractivity (Wildman–Crippen MR) is 72.2 cm³/mol. The third kappa shape index (κ3) is 3.81. The maximum Gasteiger partial charge on any atom is 0.211 e. The quantitative estimate of drug-likeness (QED) is 0.914.